The van der Waals surface area contributed by atoms with Gasteiger partial charge < -0.3 is 9.84 Å². The Balaban J connectivity index is 2.13. The van der Waals surface area contributed by atoms with Crippen molar-refractivity contribution < 1.29 is 9.84 Å². The van der Waals surface area contributed by atoms with Gasteiger partial charge in [-0.25, -0.2) is 0 Å². The quantitative estimate of drug-likeness (QED) is 0.775. The third-order valence-corrected chi connectivity index (χ3v) is 5.08. The minimum atomic E-state index is -0.394. The summed E-state index contributed by atoms with van der Waals surface area (Å²) >= 11 is 0. The van der Waals surface area contributed by atoms with Crippen molar-refractivity contribution in [3.8, 4) is 11.5 Å². The molecule has 0 fully saturated rings. The Morgan fingerprint density at radius 1 is 0.957 bits per heavy atom. The molecule has 0 amide bonds. The molecule has 1 aliphatic rings. The summed E-state index contributed by atoms with van der Waals surface area (Å²) in [5, 5.41) is 10.1. The summed E-state index contributed by atoms with van der Waals surface area (Å²) in [6.45, 7) is 12.7. The second-order valence-electron chi connectivity index (χ2n) is 7.85. The zero-order valence-corrected chi connectivity index (χ0v) is 14.9. The van der Waals surface area contributed by atoms with Crippen molar-refractivity contribution in [3.63, 3.8) is 0 Å². The number of benzene rings is 2. The monoisotopic (exact) mass is 310 g/mol. The third kappa shape index (κ3) is 2.60. The summed E-state index contributed by atoms with van der Waals surface area (Å²) in [6, 6.07) is 10.5. The lowest BCUT2D eigenvalue weighted by Gasteiger charge is -2.45. The first-order chi connectivity index (χ1) is 10.6. The first-order valence-electron chi connectivity index (χ1n) is 8.23. The van der Waals surface area contributed by atoms with Crippen molar-refractivity contribution in [1.82, 2.24) is 0 Å². The van der Waals surface area contributed by atoms with Gasteiger partial charge in [0, 0.05) is 12.0 Å². The Morgan fingerprint density at radius 2 is 1.57 bits per heavy atom. The highest BCUT2D eigenvalue weighted by molar-refractivity contribution is 5.48. The predicted molar refractivity (Wildman–Crippen MR) is 94.4 cm³/mol. The van der Waals surface area contributed by atoms with Crippen molar-refractivity contribution >= 4 is 0 Å². The number of rotatable bonds is 1. The van der Waals surface area contributed by atoms with Crippen molar-refractivity contribution in [2.24, 2.45) is 0 Å². The number of aromatic hydroxyl groups is 1. The van der Waals surface area contributed by atoms with E-state index in [-0.39, 0.29) is 5.41 Å². The first-order valence-corrected chi connectivity index (χ1v) is 8.23. The van der Waals surface area contributed by atoms with E-state index in [0.29, 0.717) is 5.75 Å². The molecule has 1 unspecified atom stereocenters. The van der Waals surface area contributed by atoms with Crippen LogP contribution in [0.1, 0.15) is 55.0 Å². The molecular weight excluding hydrogens is 284 g/mol. The van der Waals surface area contributed by atoms with Gasteiger partial charge in [-0.15, -0.1) is 0 Å². The summed E-state index contributed by atoms with van der Waals surface area (Å²) < 4.78 is 6.46. The maximum atomic E-state index is 10.1. The van der Waals surface area contributed by atoms with Gasteiger partial charge in [-0.1, -0.05) is 31.5 Å². The Bertz CT molecular complexity index is 750. The van der Waals surface area contributed by atoms with E-state index in [1.165, 1.54) is 11.1 Å². The van der Waals surface area contributed by atoms with Crippen LogP contribution in [0.25, 0.3) is 0 Å². The highest BCUT2D eigenvalue weighted by Gasteiger charge is 2.43. The van der Waals surface area contributed by atoms with Gasteiger partial charge in [-0.3, -0.25) is 0 Å². The molecule has 2 heteroatoms. The molecule has 0 radical (unpaired) electrons. The zero-order chi connectivity index (χ0) is 17.0. The maximum Gasteiger partial charge on any atom is 0.132 e. The molecule has 0 aliphatic carbocycles. The highest BCUT2D eigenvalue weighted by Crippen LogP contribution is 2.49. The van der Waals surface area contributed by atoms with Crippen LogP contribution < -0.4 is 4.74 Å². The molecule has 2 nitrogen and oxygen atoms in total. The second kappa shape index (κ2) is 5.02. The van der Waals surface area contributed by atoms with Crippen LogP contribution in [-0.2, 0) is 11.0 Å². The maximum absolute atomic E-state index is 10.1. The molecule has 1 N–H and O–H groups in total. The summed E-state index contributed by atoms with van der Waals surface area (Å²) in [6.07, 6.45) is 0.903. The molecule has 23 heavy (non-hydrogen) atoms. The SMILES string of the molecule is Cc1ccc2c(c1)C(C)(C)CC(C)(c1cc(C)c(O)c(C)c1)O2. The molecule has 1 atom stereocenters. The molecule has 1 aliphatic heterocycles. The fourth-order valence-electron chi connectivity index (χ4n) is 3.90. The standard InChI is InChI=1S/C21H26O2/c1-13-7-8-18-17(9-13)20(4,5)12-21(6,23-18)16-10-14(2)19(22)15(3)11-16/h7-11,22H,12H2,1-6H3. The second-order valence-corrected chi connectivity index (χ2v) is 7.85. The van der Waals surface area contributed by atoms with Crippen LogP contribution in [0.4, 0.5) is 0 Å². The average molecular weight is 310 g/mol. The minimum Gasteiger partial charge on any atom is -0.507 e. The van der Waals surface area contributed by atoms with Gasteiger partial charge in [0.15, 0.2) is 0 Å². The van der Waals surface area contributed by atoms with E-state index in [2.05, 4.69) is 58.0 Å². The fourth-order valence-corrected chi connectivity index (χ4v) is 3.90. The Labute approximate surface area is 139 Å². The van der Waals surface area contributed by atoms with Crippen LogP contribution in [0.15, 0.2) is 30.3 Å². The van der Waals surface area contributed by atoms with E-state index >= 15 is 0 Å². The molecule has 122 valence electrons. The van der Waals surface area contributed by atoms with Crippen LogP contribution in [-0.4, -0.2) is 5.11 Å². The van der Waals surface area contributed by atoms with Gasteiger partial charge in [0.2, 0.25) is 0 Å². The van der Waals surface area contributed by atoms with Gasteiger partial charge in [-0.05, 0) is 68.0 Å². The minimum absolute atomic E-state index is 0.0358. The topological polar surface area (TPSA) is 29.5 Å². The molecule has 0 aromatic heterocycles. The highest BCUT2D eigenvalue weighted by atomic mass is 16.5. The summed E-state index contributed by atoms with van der Waals surface area (Å²) in [7, 11) is 0. The average Bonchev–Trinajstić information content (AvgIpc) is 2.44. The lowest BCUT2D eigenvalue weighted by Crippen LogP contribution is -2.41. The number of hydrogen-bond acceptors (Lipinski definition) is 2. The van der Waals surface area contributed by atoms with Crippen molar-refractivity contribution in [1.29, 1.82) is 0 Å². The Morgan fingerprint density at radius 3 is 2.17 bits per heavy atom. The van der Waals surface area contributed by atoms with Gasteiger partial charge in [0.1, 0.15) is 17.1 Å². The van der Waals surface area contributed by atoms with E-state index in [1.807, 2.05) is 13.8 Å². The normalized spacial score (nSPS) is 22.3. The fraction of sp³-hybridized carbons (Fsp3) is 0.429. The number of ether oxygens (including phenoxy) is 1. The molecular formula is C21H26O2. The third-order valence-electron chi connectivity index (χ3n) is 5.08. The van der Waals surface area contributed by atoms with Crippen molar-refractivity contribution in [2.45, 2.75) is 59.0 Å². The molecule has 3 rings (SSSR count). The van der Waals surface area contributed by atoms with Gasteiger partial charge in [-0.2, -0.15) is 0 Å². The lowest BCUT2D eigenvalue weighted by atomic mass is 9.70. The van der Waals surface area contributed by atoms with Gasteiger partial charge in [0.25, 0.3) is 0 Å². The van der Waals surface area contributed by atoms with E-state index < -0.39 is 5.60 Å². The van der Waals surface area contributed by atoms with Gasteiger partial charge in [0.05, 0.1) is 0 Å². The Kier molecular flexibility index (Phi) is 3.47. The smallest absolute Gasteiger partial charge is 0.132 e. The van der Waals surface area contributed by atoms with Gasteiger partial charge >= 0.3 is 0 Å². The molecule has 1 heterocycles. The van der Waals surface area contributed by atoms with E-state index in [0.717, 1.165) is 28.9 Å². The summed E-state index contributed by atoms with van der Waals surface area (Å²) in [4.78, 5) is 0. The number of phenolic OH excluding ortho intramolecular Hbond substituents is 1. The molecule has 0 bridgehead atoms. The number of hydrogen-bond donors (Lipinski definition) is 1. The van der Waals surface area contributed by atoms with Crippen LogP contribution in [0.2, 0.25) is 0 Å². The van der Waals surface area contributed by atoms with E-state index in [4.69, 9.17) is 4.74 Å². The molecule has 2 aromatic rings. The predicted octanol–water partition coefficient (Wildman–Crippen LogP) is 5.29. The van der Waals surface area contributed by atoms with Crippen molar-refractivity contribution in [2.75, 3.05) is 0 Å². The van der Waals surface area contributed by atoms with E-state index in [9.17, 15) is 5.11 Å². The Hall–Kier alpha value is -1.96. The van der Waals surface area contributed by atoms with Crippen LogP contribution in [0.3, 0.4) is 0 Å². The molecule has 2 aromatic carbocycles. The van der Waals surface area contributed by atoms with Crippen LogP contribution in [0.5, 0.6) is 11.5 Å². The zero-order valence-electron chi connectivity index (χ0n) is 14.9. The first kappa shape index (κ1) is 15.9. The summed E-state index contributed by atoms with van der Waals surface area (Å²) in [5.74, 6) is 1.35. The summed E-state index contributed by atoms with van der Waals surface area (Å²) in [5.41, 5.74) is 5.12. The van der Waals surface area contributed by atoms with E-state index in [1.54, 1.807) is 0 Å². The molecule has 0 saturated carbocycles. The number of aryl methyl sites for hydroxylation is 3. The molecule has 0 spiro atoms. The largest absolute Gasteiger partial charge is 0.507 e. The lowest BCUT2D eigenvalue weighted by molar-refractivity contribution is 0.0323. The van der Waals surface area contributed by atoms with Crippen LogP contribution in [0, 0.1) is 20.8 Å². The van der Waals surface area contributed by atoms with Crippen molar-refractivity contribution in [3.05, 3.63) is 58.1 Å². The number of fused-ring (bicyclic) bond motifs is 1. The number of phenols is 1. The molecule has 0 saturated heterocycles. The van der Waals surface area contributed by atoms with Crippen LogP contribution >= 0.6 is 0 Å².